The molecule has 0 radical (unpaired) electrons. The van der Waals surface area contributed by atoms with E-state index >= 15 is 0 Å². The number of halogens is 1. The van der Waals surface area contributed by atoms with E-state index in [1.54, 1.807) is 0 Å². The van der Waals surface area contributed by atoms with E-state index in [2.05, 4.69) is 44.7 Å². The highest BCUT2D eigenvalue weighted by Gasteiger charge is 2.27. The van der Waals surface area contributed by atoms with Crippen LogP contribution in [0.3, 0.4) is 0 Å². The zero-order valence-electron chi connectivity index (χ0n) is 10.7. The third-order valence-corrected chi connectivity index (χ3v) is 6.10. The first kappa shape index (κ1) is 13.7. The monoisotopic (exact) mass is 319 g/mol. The molecule has 98 valence electrons. The molecule has 2 heterocycles. The van der Waals surface area contributed by atoms with Gasteiger partial charge in [0.1, 0.15) is 0 Å². The number of likely N-dealkylation sites (tertiary alicyclic amines) is 1. The lowest BCUT2D eigenvalue weighted by Crippen LogP contribution is -2.40. The molecule has 0 aromatic carbocycles. The van der Waals surface area contributed by atoms with Gasteiger partial charge in [0, 0.05) is 30.2 Å². The fraction of sp³-hybridized carbons (Fsp3) is 0.917. The van der Waals surface area contributed by atoms with Crippen molar-refractivity contribution in [2.45, 2.75) is 31.1 Å². The molecule has 0 N–H and O–H groups in total. The standard InChI is InChI=1S/C12H22BrN3S/c1-3-16-6-4-5-10(16)9-15(2)12-14-8-11(7-13)17-12/h10-11H,3-9H2,1-2H3. The van der Waals surface area contributed by atoms with Crippen molar-refractivity contribution >= 4 is 32.9 Å². The molecule has 2 unspecified atom stereocenters. The van der Waals surface area contributed by atoms with Gasteiger partial charge in [-0.1, -0.05) is 34.6 Å². The maximum atomic E-state index is 4.64. The van der Waals surface area contributed by atoms with Crippen LogP contribution in [0.4, 0.5) is 0 Å². The van der Waals surface area contributed by atoms with Crippen molar-refractivity contribution in [2.75, 3.05) is 38.6 Å². The van der Waals surface area contributed by atoms with Crippen LogP contribution in [0.5, 0.6) is 0 Å². The summed E-state index contributed by atoms with van der Waals surface area (Å²) in [6.45, 7) is 6.83. The summed E-state index contributed by atoms with van der Waals surface area (Å²) in [5.74, 6) is 0. The second-order valence-electron chi connectivity index (χ2n) is 4.82. The Bertz CT molecular complexity index is 285. The Morgan fingerprint density at radius 2 is 2.41 bits per heavy atom. The van der Waals surface area contributed by atoms with E-state index in [1.165, 1.54) is 31.1 Å². The SMILES string of the molecule is CCN1CCCC1CN(C)C1=NCC(CBr)S1. The van der Waals surface area contributed by atoms with Crippen molar-refractivity contribution in [2.24, 2.45) is 4.99 Å². The number of nitrogens with zero attached hydrogens (tertiary/aromatic N) is 3. The predicted octanol–water partition coefficient (Wildman–Crippen LogP) is 2.27. The van der Waals surface area contributed by atoms with Gasteiger partial charge in [0.05, 0.1) is 6.54 Å². The van der Waals surface area contributed by atoms with E-state index in [9.17, 15) is 0 Å². The maximum Gasteiger partial charge on any atom is 0.159 e. The van der Waals surface area contributed by atoms with Gasteiger partial charge >= 0.3 is 0 Å². The Hall–Kier alpha value is 0.260. The lowest BCUT2D eigenvalue weighted by Gasteiger charge is -2.28. The molecule has 0 saturated carbocycles. The van der Waals surface area contributed by atoms with Crippen LogP contribution >= 0.6 is 27.7 Å². The molecule has 3 nitrogen and oxygen atoms in total. The van der Waals surface area contributed by atoms with Gasteiger partial charge in [0.25, 0.3) is 0 Å². The summed E-state index contributed by atoms with van der Waals surface area (Å²) in [4.78, 5) is 9.59. The van der Waals surface area contributed by atoms with Gasteiger partial charge in [-0.05, 0) is 25.9 Å². The minimum atomic E-state index is 0.637. The quantitative estimate of drug-likeness (QED) is 0.741. The number of hydrogen-bond acceptors (Lipinski definition) is 4. The van der Waals surface area contributed by atoms with Crippen LogP contribution in [-0.4, -0.2) is 64.8 Å². The van der Waals surface area contributed by atoms with Crippen molar-refractivity contribution in [1.82, 2.24) is 9.80 Å². The number of thioether (sulfide) groups is 1. The summed E-state index contributed by atoms with van der Waals surface area (Å²) >= 11 is 5.46. The van der Waals surface area contributed by atoms with Crippen LogP contribution in [0.2, 0.25) is 0 Å². The summed E-state index contributed by atoms with van der Waals surface area (Å²) in [5.41, 5.74) is 0. The first-order chi connectivity index (χ1) is 8.24. The average molecular weight is 320 g/mol. The molecule has 2 rings (SSSR count). The normalized spacial score (nSPS) is 29.7. The minimum Gasteiger partial charge on any atom is -0.353 e. The second-order valence-corrected chi connectivity index (χ2v) is 6.74. The number of rotatable bonds is 4. The smallest absolute Gasteiger partial charge is 0.159 e. The maximum absolute atomic E-state index is 4.64. The lowest BCUT2D eigenvalue weighted by molar-refractivity contribution is 0.236. The lowest BCUT2D eigenvalue weighted by atomic mass is 10.2. The first-order valence-electron chi connectivity index (χ1n) is 6.46. The van der Waals surface area contributed by atoms with E-state index < -0.39 is 0 Å². The van der Waals surface area contributed by atoms with Crippen LogP contribution in [0.25, 0.3) is 0 Å². The van der Waals surface area contributed by atoms with Gasteiger partial charge in [0.2, 0.25) is 0 Å². The first-order valence-corrected chi connectivity index (χ1v) is 8.47. The predicted molar refractivity (Wildman–Crippen MR) is 80.4 cm³/mol. The highest BCUT2D eigenvalue weighted by Crippen LogP contribution is 2.25. The molecule has 0 aliphatic carbocycles. The van der Waals surface area contributed by atoms with Crippen LogP contribution in [-0.2, 0) is 0 Å². The van der Waals surface area contributed by atoms with Crippen LogP contribution in [0, 0.1) is 0 Å². The summed E-state index contributed by atoms with van der Waals surface area (Å²) in [7, 11) is 2.19. The van der Waals surface area contributed by atoms with E-state index in [4.69, 9.17) is 0 Å². The van der Waals surface area contributed by atoms with Crippen molar-refractivity contribution in [1.29, 1.82) is 0 Å². The molecule has 0 aromatic rings. The average Bonchev–Trinajstić information content (AvgIpc) is 2.96. The van der Waals surface area contributed by atoms with Crippen LogP contribution in [0.15, 0.2) is 4.99 Å². The van der Waals surface area contributed by atoms with Crippen molar-refractivity contribution < 1.29 is 0 Å². The van der Waals surface area contributed by atoms with E-state index in [0.717, 1.165) is 24.5 Å². The van der Waals surface area contributed by atoms with Gasteiger partial charge < -0.3 is 4.90 Å². The Morgan fingerprint density at radius 3 is 3.06 bits per heavy atom. The molecule has 2 aliphatic rings. The molecular weight excluding hydrogens is 298 g/mol. The fourth-order valence-electron chi connectivity index (χ4n) is 2.61. The topological polar surface area (TPSA) is 18.8 Å². The Labute approximate surface area is 117 Å². The van der Waals surface area contributed by atoms with Crippen molar-refractivity contribution in [3.8, 4) is 0 Å². The second kappa shape index (κ2) is 6.43. The fourth-order valence-corrected chi connectivity index (χ4v) is 4.12. The zero-order chi connectivity index (χ0) is 12.3. The third kappa shape index (κ3) is 3.38. The van der Waals surface area contributed by atoms with Crippen molar-refractivity contribution in [3.63, 3.8) is 0 Å². The minimum absolute atomic E-state index is 0.637. The van der Waals surface area contributed by atoms with E-state index in [0.29, 0.717) is 5.25 Å². The molecule has 2 atom stereocenters. The number of amidine groups is 1. The number of hydrogen-bond donors (Lipinski definition) is 0. The Morgan fingerprint density at radius 1 is 1.59 bits per heavy atom. The Kier molecular flexibility index (Phi) is 5.18. The summed E-state index contributed by atoms with van der Waals surface area (Å²) in [5, 5.41) is 2.92. The molecule has 17 heavy (non-hydrogen) atoms. The van der Waals surface area contributed by atoms with E-state index in [-0.39, 0.29) is 0 Å². The summed E-state index contributed by atoms with van der Waals surface area (Å²) in [6, 6.07) is 0.733. The highest BCUT2D eigenvalue weighted by molar-refractivity contribution is 9.09. The summed E-state index contributed by atoms with van der Waals surface area (Å²) in [6.07, 6.45) is 2.70. The molecule has 1 saturated heterocycles. The van der Waals surface area contributed by atoms with Gasteiger partial charge in [-0.15, -0.1) is 0 Å². The Balaban J connectivity index is 1.83. The molecular formula is C12H22BrN3S. The zero-order valence-corrected chi connectivity index (χ0v) is 13.1. The molecule has 0 aromatic heterocycles. The molecule has 0 amide bonds. The molecule has 5 heteroatoms. The van der Waals surface area contributed by atoms with Gasteiger partial charge in [0.15, 0.2) is 5.17 Å². The van der Waals surface area contributed by atoms with Gasteiger partial charge in [-0.2, -0.15) is 0 Å². The van der Waals surface area contributed by atoms with Gasteiger partial charge in [-0.3, -0.25) is 9.89 Å². The third-order valence-electron chi connectivity index (χ3n) is 3.59. The number of alkyl halides is 1. The number of aliphatic imine (C=N–C) groups is 1. The molecule has 2 aliphatic heterocycles. The molecule has 1 fully saturated rings. The van der Waals surface area contributed by atoms with Crippen LogP contribution in [0.1, 0.15) is 19.8 Å². The largest absolute Gasteiger partial charge is 0.353 e. The highest BCUT2D eigenvalue weighted by atomic mass is 79.9. The van der Waals surface area contributed by atoms with Crippen molar-refractivity contribution in [3.05, 3.63) is 0 Å². The molecule has 0 bridgehead atoms. The number of likely N-dealkylation sites (N-methyl/N-ethyl adjacent to an activating group) is 2. The molecule has 0 spiro atoms. The summed E-state index contributed by atoms with van der Waals surface area (Å²) < 4.78 is 0. The van der Waals surface area contributed by atoms with E-state index in [1.807, 2.05) is 11.8 Å². The van der Waals surface area contributed by atoms with Gasteiger partial charge in [-0.25, -0.2) is 0 Å². The van der Waals surface area contributed by atoms with Crippen LogP contribution < -0.4 is 0 Å².